The van der Waals surface area contributed by atoms with E-state index in [1.165, 1.54) is 5.56 Å². The van der Waals surface area contributed by atoms with Crippen LogP contribution in [0.2, 0.25) is 0 Å². The van der Waals surface area contributed by atoms with Gasteiger partial charge in [0.05, 0.1) is 4.47 Å². The van der Waals surface area contributed by atoms with Gasteiger partial charge in [-0.05, 0) is 59.6 Å². The summed E-state index contributed by atoms with van der Waals surface area (Å²) in [6.07, 6.45) is 0. The average Bonchev–Trinajstić information content (AvgIpc) is 2.37. The third kappa shape index (κ3) is 2.56. The molecule has 2 rings (SSSR count). The minimum atomic E-state index is -0.237. The van der Waals surface area contributed by atoms with Gasteiger partial charge >= 0.3 is 0 Å². The lowest BCUT2D eigenvalue weighted by atomic mass is 10.1. The van der Waals surface area contributed by atoms with Gasteiger partial charge in [-0.15, -0.1) is 0 Å². The summed E-state index contributed by atoms with van der Waals surface area (Å²) in [6.45, 7) is 4.92. The molecule has 0 saturated carbocycles. The standard InChI is InChI=1S/C15H15BrFN/c1-3-18(15-7-5-4-6-11(15)2)12-8-9-13(16)14(17)10-12/h4-10H,3H2,1-2H3. The number of benzene rings is 2. The van der Waals surface area contributed by atoms with Crippen LogP contribution < -0.4 is 4.90 Å². The topological polar surface area (TPSA) is 3.24 Å². The largest absolute Gasteiger partial charge is 0.341 e. The first-order valence-corrected chi connectivity index (χ1v) is 6.71. The van der Waals surface area contributed by atoms with Gasteiger partial charge in [-0.3, -0.25) is 0 Å². The molecule has 0 aliphatic rings. The number of anilines is 2. The first-order valence-electron chi connectivity index (χ1n) is 5.91. The fourth-order valence-corrected chi connectivity index (χ4v) is 2.26. The summed E-state index contributed by atoms with van der Waals surface area (Å²) < 4.78 is 14.1. The summed E-state index contributed by atoms with van der Waals surface area (Å²) in [5.74, 6) is -0.237. The number of nitrogens with zero attached hydrogens (tertiary/aromatic N) is 1. The van der Waals surface area contributed by atoms with Crippen LogP contribution in [-0.2, 0) is 0 Å². The van der Waals surface area contributed by atoms with Gasteiger partial charge in [0.2, 0.25) is 0 Å². The molecule has 1 nitrogen and oxygen atoms in total. The molecule has 0 amide bonds. The van der Waals surface area contributed by atoms with Crippen LogP contribution in [0.5, 0.6) is 0 Å². The zero-order valence-corrected chi connectivity index (χ0v) is 12.0. The summed E-state index contributed by atoms with van der Waals surface area (Å²) in [5, 5.41) is 0. The maximum absolute atomic E-state index is 13.6. The third-order valence-electron chi connectivity index (χ3n) is 2.94. The second-order valence-electron chi connectivity index (χ2n) is 4.13. The number of halogens is 2. The Morgan fingerprint density at radius 3 is 2.50 bits per heavy atom. The van der Waals surface area contributed by atoms with Crippen LogP contribution in [0.4, 0.5) is 15.8 Å². The van der Waals surface area contributed by atoms with Gasteiger partial charge in [-0.25, -0.2) is 4.39 Å². The molecule has 0 aliphatic heterocycles. The highest BCUT2D eigenvalue weighted by Crippen LogP contribution is 2.30. The molecule has 2 aromatic rings. The van der Waals surface area contributed by atoms with Crippen molar-refractivity contribution in [3.63, 3.8) is 0 Å². The Morgan fingerprint density at radius 1 is 1.17 bits per heavy atom. The highest BCUT2D eigenvalue weighted by molar-refractivity contribution is 9.10. The van der Waals surface area contributed by atoms with Crippen molar-refractivity contribution in [2.24, 2.45) is 0 Å². The van der Waals surface area contributed by atoms with E-state index in [1.807, 2.05) is 18.2 Å². The van der Waals surface area contributed by atoms with Crippen molar-refractivity contribution in [1.29, 1.82) is 0 Å². The van der Waals surface area contributed by atoms with Crippen molar-refractivity contribution in [3.05, 3.63) is 58.3 Å². The number of rotatable bonds is 3. The van der Waals surface area contributed by atoms with Gasteiger partial charge in [0.25, 0.3) is 0 Å². The average molecular weight is 308 g/mol. The van der Waals surface area contributed by atoms with E-state index in [2.05, 4.69) is 46.8 Å². The van der Waals surface area contributed by atoms with E-state index in [0.717, 1.165) is 17.9 Å². The number of hydrogen-bond donors (Lipinski definition) is 0. The monoisotopic (exact) mass is 307 g/mol. The lowest BCUT2D eigenvalue weighted by Gasteiger charge is -2.25. The maximum Gasteiger partial charge on any atom is 0.139 e. The molecular weight excluding hydrogens is 293 g/mol. The Hall–Kier alpha value is -1.35. The molecule has 0 fully saturated rings. The number of aryl methyl sites for hydroxylation is 1. The molecule has 18 heavy (non-hydrogen) atoms. The molecule has 0 saturated heterocycles. The fraction of sp³-hybridized carbons (Fsp3) is 0.200. The van der Waals surface area contributed by atoms with Crippen LogP contribution in [0.3, 0.4) is 0 Å². The van der Waals surface area contributed by atoms with Crippen LogP contribution >= 0.6 is 15.9 Å². The highest BCUT2D eigenvalue weighted by atomic mass is 79.9. The van der Waals surface area contributed by atoms with Crippen molar-refractivity contribution in [1.82, 2.24) is 0 Å². The second kappa shape index (κ2) is 5.53. The van der Waals surface area contributed by atoms with E-state index in [0.29, 0.717) is 4.47 Å². The Balaban J connectivity index is 2.45. The lowest BCUT2D eigenvalue weighted by Crippen LogP contribution is -2.17. The Labute approximate surface area is 115 Å². The smallest absolute Gasteiger partial charge is 0.139 e. The number of para-hydroxylation sites is 1. The predicted molar refractivity (Wildman–Crippen MR) is 78.0 cm³/mol. The first kappa shape index (κ1) is 13.1. The zero-order chi connectivity index (χ0) is 13.1. The normalized spacial score (nSPS) is 10.4. The van der Waals surface area contributed by atoms with Crippen LogP contribution in [0.15, 0.2) is 46.9 Å². The fourth-order valence-electron chi connectivity index (χ4n) is 2.01. The minimum Gasteiger partial charge on any atom is -0.341 e. The molecule has 0 aromatic heterocycles. The summed E-state index contributed by atoms with van der Waals surface area (Å²) in [4.78, 5) is 2.10. The van der Waals surface area contributed by atoms with Crippen molar-refractivity contribution >= 4 is 27.3 Å². The molecule has 0 unspecified atom stereocenters. The molecule has 0 N–H and O–H groups in total. The summed E-state index contributed by atoms with van der Waals surface area (Å²) >= 11 is 3.18. The molecule has 94 valence electrons. The zero-order valence-electron chi connectivity index (χ0n) is 10.5. The molecule has 0 bridgehead atoms. The SMILES string of the molecule is CCN(c1ccc(Br)c(F)c1)c1ccccc1C. The Bertz CT molecular complexity index is 554. The quantitative estimate of drug-likeness (QED) is 0.766. The minimum absolute atomic E-state index is 0.237. The van der Waals surface area contributed by atoms with Gasteiger partial charge in [-0.2, -0.15) is 0 Å². The predicted octanol–water partition coefficient (Wildman–Crippen LogP) is 5.05. The van der Waals surface area contributed by atoms with E-state index in [-0.39, 0.29) is 5.82 Å². The third-order valence-corrected chi connectivity index (χ3v) is 3.58. The second-order valence-corrected chi connectivity index (χ2v) is 4.98. The van der Waals surface area contributed by atoms with Crippen molar-refractivity contribution < 1.29 is 4.39 Å². The highest BCUT2D eigenvalue weighted by Gasteiger charge is 2.11. The van der Waals surface area contributed by atoms with Gasteiger partial charge in [0.1, 0.15) is 5.82 Å². The molecule has 0 radical (unpaired) electrons. The molecule has 0 aliphatic carbocycles. The van der Waals surface area contributed by atoms with Crippen LogP contribution in [0, 0.1) is 12.7 Å². The molecular formula is C15H15BrFN. The summed E-state index contributed by atoms with van der Waals surface area (Å²) in [7, 11) is 0. The van der Waals surface area contributed by atoms with Gasteiger partial charge in [0.15, 0.2) is 0 Å². The van der Waals surface area contributed by atoms with Crippen LogP contribution in [-0.4, -0.2) is 6.54 Å². The van der Waals surface area contributed by atoms with Crippen molar-refractivity contribution in [3.8, 4) is 0 Å². The van der Waals surface area contributed by atoms with Crippen molar-refractivity contribution in [2.45, 2.75) is 13.8 Å². The summed E-state index contributed by atoms with van der Waals surface area (Å²) in [5.41, 5.74) is 3.16. The Kier molecular flexibility index (Phi) is 4.02. The van der Waals surface area contributed by atoms with Gasteiger partial charge < -0.3 is 4.90 Å². The van der Waals surface area contributed by atoms with Crippen LogP contribution in [0.1, 0.15) is 12.5 Å². The molecule has 2 aromatic carbocycles. The van der Waals surface area contributed by atoms with Crippen LogP contribution in [0.25, 0.3) is 0 Å². The van der Waals surface area contributed by atoms with E-state index < -0.39 is 0 Å². The van der Waals surface area contributed by atoms with Gasteiger partial charge in [-0.1, -0.05) is 18.2 Å². The lowest BCUT2D eigenvalue weighted by molar-refractivity contribution is 0.621. The van der Waals surface area contributed by atoms with E-state index >= 15 is 0 Å². The van der Waals surface area contributed by atoms with E-state index in [1.54, 1.807) is 12.1 Å². The van der Waals surface area contributed by atoms with E-state index in [4.69, 9.17) is 0 Å². The number of hydrogen-bond acceptors (Lipinski definition) is 1. The van der Waals surface area contributed by atoms with Crippen molar-refractivity contribution in [2.75, 3.05) is 11.4 Å². The maximum atomic E-state index is 13.6. The first-order chi connectivity index (χ1) is 8.63. The van der Waals surface area contributed by atoms with E-state index in [9.17, 15) is 4.39 Å². The summed E-state index contributed by atoms with van der Waals surface area (Å²) in [6, 6.07) is 13.3. The van der Waals surface area contributed by atoms with Gasteiger partial charge in [0, 0.05) is 17.9 Å². The molecule has 0 heterocycles. The molecule has 0 spiro atoms. The molecule has 3 heteroatoms. The molecule has 0 atom stereocenters. The Morgan fingerprint density at radius 2 is 1.89 bits per heavy atom.